The summed E-state index contributed by atoms with van der Waals surface area (Å²) in [7, 11) is 0. The van der Waals surface area contributed by atoms with Crippen molar-refractivity contribution >= 4 is 29.2 Å². The third-order valence-electron chi connectivity index (χ3n) is 5.18. The molecule has 3 unspecified atom stereocenters. The molecule has 1 aromatic heterocycles. The molecule has 6 heteroatoms. The fourth-order valence-electron chi connectivity index (χ4n) is 4.03. The molecule has 122 valence electrons. The number of carbonyl (C=O) groups excluding carboxylic acids is 1. The molecule has 1 aliphatic heterocycles. The van der Waals surface area contributed by atoms with E-state index in [1.165, 1.54) is 6.07 Å². The average molecular weight is 334 g/mol. The quantitative estimate of drug-likeness (QED) is 0.834. The van der Waals surface area contributed by atoms with Crippen molar-refractivity contribution in [1.82, 2.24) is 9.88 Å². The summed E-state index contributed by atoms with van der Waals surface area (Å²) < 4.78 is 0. The Morgan fingerprint density at radius 2 is 2.00 bits per heavy atom. The van der Waals surface area contributed by atoms with E-state index in [4.69, 9.17) is 5.73 Å². The number of pyridine rings is 1. The number of nitrogens with one attached hydrogen (secondary N) is 1. The number of nitrogens with two attached hydrogens (primary N) is 1. The fourth-order valence-corrected chi connectivity index (χ4v) is 4.03. The second-order valence-electron chi connectivity index (χ2n) is 6.47. The molecule has 1 amide bonds. The van der Waals surface area contributed by atoms with Gasteiger partial charge < -0.3 is 15.6 Å². The lowest BCUT2D eigenvalue weighted by atomic mass is 9.98. The lowest BCUT2D eigenvalue weighted by molar-refractivity contribution is 0.0781. The molecule has 23 heavy (non-hydrogen) atoms. The molecule has 2 fully saturated rings. The largest absolute Gasteiger partial charge is 0.338 e. The Kier molecular flexibility index (Phi) is 4.17. The molecule has 1 aromatic carbocycles. The van der Waals surface area contributed by atoms with E-state index in [-0.39, 0.29) is 29.9 Å². The Labute approximate surface area is 140 Å². The van der Waals surface area contributed by atoms with E-state index in [9.17, 15) is 9.59 Å². The van der Waals surface area contributed by atoms with Gasteiger partial charge in [0.1, 0.15) is 0 Å². The van der Waals surface area contributed by atoms with E-state index < -0.39 is 0 Å². The van der Waals surface area contributed by atoms with Gasteiger partial charge in [0, 0.05) is 36.1 Å². The van der Waals surface area contributed by atoms with Crippen LogP contribution in [0, 0.1) is 11.8 Å². The van der Waals surface area contributed by atoms with E-state index >= 15 is 0 Å². The summed E-state index contributed by atoms with van der Waals surface area (Å²) in [6.45, 7) is 1.48. The Morgan fingerprint density at radius 1 is 1.22 bits per heavy atom. The molecule has 1 saturated heterocycles. The number of fused-ring (bicyclic) bond motifs is 2. The van der Waals surface area contributed by atoms with Crippen molar-refractivity contribution in [3.8, 4) is 0 Å². The van der Waals surface area contributed by atoms with Crippen molar-refractivity contribution < 1.29 is 4.79 Å². The van der Waals surface area contributed by atoms with Crippen molar-refractivity contribution in [1.29, 1.82) is 0 Å². The zero-order valence-corrected chi connectivity index (χ0v) is 13.5. The SMILES string of the molecule is Cl.NC1CCC2CN(C(=O)c3cc(=O)[nH]c4ccccc34)CC12. The third-order valence-corrected chi connectivity index (χ3v) is 5.18. The number of nitrogens with zero attached hydrogens (tertiary/aromatic N) is 1. The third kappa shape index (κ3) is 2.64. The van der Waals surface area contributed by atoms with Gasteiger partial charge in [-0.05, 0) is 30.7 Å². The van der Waals surface area contributed by atoms with Gasteiger partial charge in [-0.15, -0.1) is 12.4 Å². The second kappa shape index (κ2) is 5.98. The molecule has 2 aromatic rings. The zero-order chi connectivity index (χ0) is 15.3. The number of halogens is 1. The molecule has 0 bridgehead atoms. The maximum absolute atomic E-state index is 12.9. The number of hydrogen-bond donors (Lipinski definition) is 2. The van der Waals surface area contributed by atoms with Crippen molar-refractivity contribution in [3.05, 3.63) is 46.2 Å². The van der Waals surface area contributed by atoms with Gasteiger partial charge in [0.25, 0.3) is 5.91 Å². The number of aromatic nitrogens is 1. The molecular formula is C17H20ClN3O2. The number of amides is 1. The number of aromatic amines is 1. The molecule has 0 spiro atoms. The Morgan fingerprint density at radius 3 is 2.78 bits per heavy atom. The molecule has 1 saturated carbocycles. The first kappa shape index (κ1) is 16.0. The molecule has 5 nitrogen and oxygen atoms in total. The van der Waals surface area contributed by atoms with Crippen LogP contribution in [-0.4, -0.2) is 34.9 Å². The second-order valence-corrected chi connectivity index (χ2v) is 6.47. The van der Waals surface area contributed by atoms with E-state index in [1.807, 2.05) is 29.2 Å². The highest BCUT2D eigenvalue weighted by Gasteiger charge is 2.42. The molecule has 3 N–H and O–H groups in total. The van der Waals surface area contributed by atoms with E-state index in [0.29, 0.717) is 29.5 Å². The maximum Gasteiger partial charge on any atom is 0.254 e. The van der Waals surface area contributed by atoms with Crippen LogP contribution >= 0.6 is 12.4 Å². The van der Waals surface area contributed by atoms with Crippen LogP contribution in [0.3, 0.4) is 0 Å². The Balaban J connectivity index is 0.00000156. The molecule has 1 aliphatic carbocycles. The lowest BCUT2D eigenvalue weighted by Gasteiger charge is -2.19. The van der Waals surface area contributed by atoms with Crippen molar-refractivity contribution in [2.75, 3.05) is 13.1 Å². The Hall–Kier alpha value is -1.85. The first-order valence-corrected chi connectivity index (χ1v) is 7.80. The van der Waals surface area contributed by atoms with Crippen LogP contribution in [0.2, 0.25) is 0 Å². The molecule has 3 atom stereocenters. The maximum atomic E-state index is 12.9. The summed E-state index contributed by atoms with van der Waals surface area (Å²) in [5, 5.41) is 0.799. The monoisotopic (exact) mass is 333 g/mol. The van der Waals surface area contributed by atoms with Gasteiger partial charge in [0.2, 0.25) is 5.56 Å². The number of para-hydroxylation sites is 1. The predicted octanol–water partition coefficient (Wildman–Crippen LogP) is 1.76. The van der Waals surface area contributed by atoms with Crippen LogP contribution in [0.15, 0.2) is 35.1 Å². The standard InChI is InChI=1S/C17H19N3O2.ClH/c18-14-6-5-10-8-20(9-13(10)14)17(22)12-7-16(21)19-15-4-2-1-3-11(12)15;/h1-4,7,10,13-14H,5-6,8-9,18H2,(H,19,21);1H. The van der Waals surface area contributed by atoms with E-state index in [0.717, 1.165) is 24.8 Å². The number of carbonyl (C=O) groups is 1. The van der Waals surface area contributed by atoms with E-state index in [1.54, 1.807) is 0 Å². The topological polar surface area (TPSA) is 79.2 Å². The highest BCUT2D eigenvalue weighted by molar-refractivity contribution is 6.06. The van der Waals surface area contributed by atoms with Crippen LogP contribution < -0.4 is 11.3 Å². The highest BCUT2D eigenvalue weighted by atomic mass is 35.5. The first-order chi connectivity index (χ1) is 10.6. The summed E-state index contributed by atoms with van der Waals surface area (Å²) in [5.41, 5.74) is 7.10. The molecular weight excluding hydrogens is 314 g/mol. The van der Waals surface area contributed by atoms with Gasteiger partial charge in [0.15, 0.2) is 0 Å². The average Bonchev–Trinajstić information content (AvgIpc) is 3.08. The minimum atomic E-state index is -0.238. The number of likely N-dealkylation sites (tertiary alicyclic amines) is 1. The zero-order valence-electron chi connectivity index (χ0n) is 12.7. The number of rotatable bonds is 1. The number of hydrogen-bond acceptors (Lipinski definition) is 3. The minimum absolute atomic E-state index is 0. The van der Waals surface area contributed by atoms with Gasteiger partial charge in [-0.25, -0.2) is 0 Å². The normalized spacial score (nSPS) is 26.1. The van der Waals surface area contributed by atoms with Gasteiger partial charge in [-0.3, -0.25) is 9.59 Å². The van der Waals surface area contributed by atoms with Crippen molar-refractivity contribution in [2.24, 2.45) is 17.6 Å². The Bertz CT molecular complexity index is 804. The van der Waals surface area contributed by atoms with Crippen molar-refractivity contribution in [3.63, 3.8) is 0 Å². The summed E-state index contributed by atoms with van der Waals surface area (Å²) in [5.74, 6) is 0.883. The summed E-state index contributed by atoms with van der Waals surface area (Å²) >= 11 is 0. The molecule has 2 aliphatic rings. The van der Waals surface area contributed by atoms with Gasteiger partial charge in [-0.2, -0.15) is 0 Å². The van der Waals surface area contributed by atoms with Crippen molar-refractivity contribution in [2.45, 2.75) is 18.9 Å². The van der Waals surface area contributed by atoms with Crippen LogP contribution in [0.1, 0.15) is 23.2 Å². The van der Waals surface area contributed by atoms with Crippen LogP contribution in [-0.2, 0) is 0 Å². The number of H-pyrrole nitrogens is 1. The lowest BCUT2D eigenvalue weighted by Crippen LogP contribution is -2.34. The van der Waals surface area contributed by atoms with Gasteiger partial charge >= 0.3 is 0 Å². The van der Waals surface area contributed by atoms with Gasteiger partial charge in [-0.1, -0.05) is 18.2 Å². The van der Waals surface area contributed by atoms with Crippen LogP contribution in [0.25, 0.3) is 10.9 Å². The summed E-state index contributed by atoms with van der Waals surface area (Å²) in [6, 6.07) is 9.05. The number of benzene rings is 1. The van der Waals surface area contributed by atoms with E-state index in [2.05, 4.69) is 4.98 Å². The molecule has 0 radical (unpaired) electrons. The molecule has 4 rings (SSSR count). The highest BCUT2D eigenvalue weighted by Crippen LogP contribution is 2.37. The van der Waals surface area contributed by atoms with Crippen LogP contribution in [0.5, 0.6) is 0 Å². The molecule has 2 heterocycles. The smallest absolute Gasteiger partial charge is 0.254 e. The first-order valence-electron chi connectivity index (χ1n) is 7.80. The summed E-state index contributed by atoms with van der Waals surface area (Å²) in [6.07, 6.45) is 2.16. The van der Waals surface area contributed by atoms with Gasteiger partial charge in [0.05, 0.1) is 5.56 Å². The van der Waals surface area contributed by atoms with Crippen LogP contribution in [0.4, 0.5) is 0 Å². The minimum Gasteiger partial charge on any atom is -0.338 e. The summed E-state index contributed by atoms with van der Waals surface area (Å²) in [4.78, 5) is 29.4. The fraction of sp³-hybridized carbons (Fsp3) is 0.412. The predicted molar refractivity (Wildman–Crippen MR) is 91.9 cm³/mol.